The van der Waals surface area contributed by atoms with E-state index in [1.165, 1.54) is 13.0 Å². The van der Waals surface area contributed by atoms with Crippen LogP contribution in [0.2, 0.25) is 0 Å². The second kappa shape index (κ2) is 8.07. The van der Waals surface area contributed by atoms with E-state index in [2.05, 4.69) is 10.1 Å². The number of nitrogens with one attached hydrogen (secondary N) is 1. The highest BCUT2D eigenvalue weighted by Crippen LogP contribution is 2.35. The average Bonchev–Trinajstić information content (AvgIpc) is 3.33. The van der Waals surface area contributed by atoms with Gasteiger partial charge in [0.25, 0.3) is 0 Å². The van der Waals surface area contributed by atoms with E-state index in [1.807, 2.05) is 0 Å². The topological polar surface area (TPSA) is 71.0 Å². The van der Waals surface area contributed by atoms with Gasteiger partial charge in [0, 0.05) is 31.3 Å². The van der Waals surface area contributed by atoms with Gasteiger partial charge in [-0.2, -0.15) is 8.78 Å². The largest absolute Gasteiger partial charge is 0.489 e. The Balaban J connectivity index is 1.68. The number of hydrogen-bond acceptors (Lipinski definition) is 5. The van der Waals surface area contributed by atoms with Gasteiger partial charge in [0.1, 0.15) is 0 Å². The molecule has 0 bridgehead atoms. The Morgan fingerprint density at radius 1 is 1.38 bits per heavy atom. The highest BCUT2D eigenvalue weighted by atomic mass is 19.3. The van der Waals surface area contributed by atoms with Crippen molar-refractivity contribution in [3.05, 3.63) is 18.2 Å². The number of aliphatic hydroxyl groups excluding tert-OH is 1. The molecular formula is C18H24F2N2O4. The van der Waals surface area contributed by atoms with E-state index in [0.717, 1.165) is 12.8 Å². The van der Waals surface area contributed by atoms with Crippen molar-refractivity contribution in [2.45, 2.75) is 44.9 Å². The number of nitrogens with zero attached hydrogens (tertiary/aromatic N) is 1. The highest BCUT2D eigenvalue weighted by Gasteiger charge is 2.33. The quantitative estimate of drug-likeness (QED) is 0.736. The lowest BCUT2D eigenvalue weighted by atomic mass is 10.1. The van der Waals surface area contributed by atoms with Crippen LogP contribution in [-0.2, 0) is 4.79 Å². The third kappa shape index (κ3) is 4.75. The standard InChI is InChI=1S/C18H24F2N2O4/c1-11(24)22-8-14(6-15(22)9-23)21-13-4-5-16(26-18(19)20)17(7-13)25-10-12-2-3-12/h4-5,7,12,14-15,18,21,23H,2-3,6,8-10H2,1H3/t14-,15+/m0/s1. The minimum absolute atomic E-state index is 0.0104. The first-order valence-electron chi connectivity index (χ1n) is 8.82. The molecule has 2 N–H and O–H groups in total. The van der Waals surface area contributed by atoms with Gasteiger partial charge < -0.3 is 24.8 Å². The summed E-state index contributed by atoms with van der Waals surface area (Å²) in [6, 6.07) is 4.50. The van der Waals surface area contributed by atoms with Gasteiger partial charge in [-0.25, -0.2) is 0 Å². The van der Waals surface area contributed by atoms with Gasteiger partial charge in [-0.1, -0.05) is 0 Å². The molecule has 1 amide bonds. The number of amides is 1. The summed E-state index contributed by atoms with van der Waals surface area (Å²) in [6.07, 6.45) is 2.80. The lowest BCUT2D eigenvalue weighted by Crippen LogP contribution is -2.36. The van der Waals surface area contributed by atoms with Crippen LogP contribution >= 0.6 is 0 Å². The van der Waals surface area contributed by atoms with E-state index in [4.69, 9.17) is 4.74 Å². The van der Waals surface area contributed by atoms with Gasteiger partial charge in [-0.3, -0.25) is 4.79 Å². The number of likely N-dealkylation sites (tertiary alicyclic amines) is 1. The van der Waals surface area contributed by atoms with Crippen LogP contribution in [0.25, 0.3) is 0 Å². The van der Waals surface area contributed by atoms with Crippen molar-refractivity contribution in [2.24, 2.45) is 5.92 Å². The molecule has 1 aromatic rings. The number of hydrogen-bond donors (Lipinski definition) is 2. The lowest BCUT2D eigenvalue weighted by molar-refractivity contribution is -0.130. The minimum atomic E-state index is -2.92. The van der Waals surface area contributed by atoms with Gasteiger partial charge in [0.05, 0.1) is 19.3 Å². The SMILES string of the molecule is CC(=O)N1C[C@@H](Nc2ccc(OC(F)F)c(OCC3CC3)c2)C[C@@H]1CO. The predicted molar refractivity (Wildman–Crippen MR) is 91.6 cm³/mol. The summed E-state index contributed by atoms with van der Waals surface area (Å²) < 4.78 is 35.4. The number of anilines is 1. The molecule has 2 fully saturated rings. The van der Waals surface area contributed by atoms with Crippen LogP contribution in [0.3, 0.4) is 0 Å². The molecule has 1 aliphatic heterocycles. The van der Waals surface area contributed by atoms with E-state index in [1.54, 1.807) is 17.0 Å². The molecule has 6 nitrogen and oxygen atoms in total. The smallest absolute Gasteiger partial charge is 0.387 e. The van der Waals surface area contributed by atoms with Crippen molar-refractivity contribution in [1.82, 2.24) is 4.90 Å². The number of alkyl halides is 2. The zero-order chi connectivity index (χ0) is 18.7. The maximum atomic E-state index is 12.6. The third-order valence-corrected chi connectivity index (χ3v) is 4.73. The van der Waals surface area contributed by atoms with Crippen molar-refractivity contribution < 1.29 is 28.2 Å². The Hall–Kier alpha value is -2.09. The zero-order valence-corrected chi connectivity index (χ0v) is 14.7. The number of rotatable bonds is 8. The second-order valence-electron chi connectivity index (χ2n) is 6.88. The molecule has 2 aliphatic rings. The molecular weight excluding hydrogens is 346 g/mol. The van der Waals surface area contributed by atoms with Crippen LogP contribution in [0.5, 0.6) is 11.5 Å². The summed E-state index contributed by atoms with van der Waals surface area (Å²) in [7, 11) is 0. The minimum Gasteiger partial charge on any atom is -0.489 e. The van der Waals surface area contributed by atoms with Crippen LogP contribution in [0.1, 0.15) is 26.2 Å². The van der Waals surface area contributed by atoms with Crippen molar-refractivity contribution in [3.8, 4) is 11.5 Å². The van der Waals surface area contributed by atoms with E-state index in [-0.39, 0.29) is 36.1 Å². The number of halogens is 2. The number of carbonyl (C=O) groups excluding carboxylic acids is 1. The van der Waals surface area contributed by atoms with Crippen LogP contribution in [0, 0.1) is 5.92 Å². The van der Waals surface area contributed by atoms with Crippen molar-refractivity contribution in [2.75, 3.05) is 25.1 Å². The fourth-order valence-electron chi connectivity index (χ4n) is 3.21. The fraction of sp³-hybridized carbons (Fsp3) is 0.611. The molecule has 0 radical (unpaired) electrons. The first-order valence-corrected chi connectivity index (χ1v) is 8.82. The van der Waals surface area contributed by atoms with E-state index in [9.17, 15) is 18.7 Å². The normalized spacial score (nSPS) is 22.6. The Labute approximate surface area is 151 Å². The summed E-state index contributed by atoms with van der Waals surface area (Å²) in [5.41, 5.74) is 0.699. The van der Waals surface area contributed by atoms with Crippen molar-refractivity contribution >= 4 is 11.6 Å². The number of benzene rings is 1. The fourth-order valence-corrected chi connectivity index (χ4v) is 3.21. The molecule has 144 valence electrons. The van der Waals surface area contributed by atoms with E-state index in [0.29, 0.717) is 31.2 Å². The lowest BCUT2D eigenvalue weighted by Gasteiger charge is -2.20. The molecule has 26 heavy (non-hydrogen) atoms. The molecule has 1 saturated heterocycles. The van der Waals surface area contributed by atoms with Gasteiger partial charge in [0.2, 0.25) is 5.91 Å². The zero-order valence-electron chi connectivity index (χ0n) is 14.7. The van der Waals surface area contributed by atoms with Gasteiger partial charge >= 0.3 is 6.61 Å². The summed E-state index contributed by atoms with van der Waals surface area (Å²) >= 11 is 0. The van der Waals surface area contributed by atoms with Crippen molar-refractivity contribution in [3.63, 3.8) is 0 Å². The van der Waals surface area contributed by atoms with Gasteiger partial charge in [-0.05, 0) is 37.3 Å². The van der Waals surface area contributed by atoms with Gasteiger partial charge in [0.15, 0.2) is 11.5 Å². The van der Waals surface area contributed by atoms with Crippen molar-refractivity contribution in [1.29, 1.82) is 0 Å². The number of aliphatic hydroxyl groups is 1. The molecule has 2 atom stereocenters. The highest BCUT2D eigenvalue weighted by molar-refractivity contribution is 5.74. The molecule has 1 heterocycles. The molecule has 1 aliphatic carbocycles. The Morgan fingerprint density at radius 3 is 2.73 bits per heavy atom. The molecule has 0 aromatic heterocycles. The first kappa shape index (κ1) is 18.7. The summed E-state index contributed by atoms with van der Waals surface area (Å²) in [5.74, 6) is 0.691. The van der Waals surface area contributed by atoms with Crippen LogP contribution < -0.4 is 14.8 Å². The molecule has 8 heteroatoms. The monoisotopic (exact) mass is 370 g/mol. The predicted octanol–water partition coefficient (Wildman–Crippen LogP) is 2.47. The molecule has 1 saturated carbocycles. The molecule has 1 aromatic carbocycles. The van der Waals surface area contributed by atoms with Gasteiger partial charge in [-0.15, -0.1) is 0 Å². The van der Waals surface area contributed by atoms with E-state index >= 15 is 0 Å². The average molecular weight is 370 g/mol. The number of carbonyl (C=O) groups is 1. The summed E-state index contributed by atoms with van der Waals surface area (Å²) in [4.78, 5) is 13.3. The van der Waals surface area contributed by atoms with Crippen LogP contribution in [0.4, 0.5) is 14.5 Å². The Morgan fingerprint density at radius 2 is 2.15 bits per heavy atom. The number of ether oxygens (including phenoxy) is 2. The maximum Gasteiger partial charge on any atom is 0.387 e. The molecule has 0 spiro atoms. The first-order chi connectivity index (χ1) is 12.5. The van der Waals surface area contributed by atoms with Crippen LogP contribution in [0.15, 0.2) is 18.2 Å². The summed E-state index contributed by atoms with van der Waals surface area (Å²) in [6.45, 7) is -0.563. The van der Waals surface area contributed by atoms with Crippen LogP contribution in [-0.4, -0.2) is 54.4 Å². The third-order valence-electron chi connectivity index (χ3n) is 4.73. The second-order valence-corrected chi connectivity index (χ2v) is 6.88. The van der Waals surface area contributed by atoms with E-state index < -0.39 is 6.61 Å². The Kier molecular flexibility index (Phi) is 5.80. The Bertz CT molecular complexity index is 640. The molecule has 3 rings (SSSR count). The molecule has 0 unspecified atom stereocenters. The summed E-state index contributed by atoms with van der Waals surface area (Å²) in [5, 5.41) is 12.7. The maximum absolute atomic E-state index is 12.6.